The maximum absolute atomic E-state index is 12.5. The molecule has 1 aliphatic carbocycles. The Morgan fingerprint density at radius 2 is 2.11 bits per heavy atom. The highest BCUT2D eigenvalue weighted by atomic mass is 79.9. The molecule has 0 bridgehead atoms. The zero-order valence-electron chi connectivity index (χ0n) is 10.9. The molecule has 1 aromatic carbocycles. The van der Waals surface area contributed by atoms with Crippen LogP contribution in [0.4, 0.5) is 5.69 Å². The number of rotatable bonds is 5. The molecule has 0 aliphatic heterocycles. The van der Waals surface area contributed by atoms with Gasteiger partial charge < -0.3 is 10.5 Å². The molecule has 1 fully saturated rings. The minimum absolute atomic E-state index is 0.110. The van der Waals surface area contributed by atoms with Crippen molar-refractivity contribution < 1.29 is 13.2 Å². The van der Waals surface area contributed by atoms with Gasteiger partial charge in [0.15, 0.2) is 0 Å². The molecule has 0 amide bonds. The quantitative estimate of drug-likeness (QED) is 0.826. The number of halogens is 1. The first-order valence-corrected chi connectivity index (χ1v) is 8.19. The third-order valence-electron chi connectivity index (χ3n) is 3.18. The summed E-state index contributed by atoms with van der Waals surface area (Å²) in [5.74, 6) is 0.780. The second-order valence-electron chi connectivity index (χ2n) is 4.75. The van der Waals surface area contributed by atoms with E-state index in [2.05, 4.69) is 15.9 Å². The molecule has 0 radical (unpaired) electrons. The van der Waals surface area contributed by atoms with Crippen LogP contribution in [-0.4, -0.2) is 33.4 Å². The average molecular weight is 349 g/mol. The van der Waals surface area contributed by atoms with Gasteiger partial charge in [-0.1, -0.05) is 0 Å². The van der Waals surface area contributed by atoms with Gasteiger partial charge in [-0.05, 0) is 46.8 Å². The second-order valence-corrected chi connectivity index (χ2v) is 7.62. The summed E-state index contributed by atoms with van der Waals surface area (Å²) in [5.41, 5.74) is 6.14. The summed E-state index contributed by atoms with van der Waals surface area (Å²) in [5, 5.41) is 0. The fourth-order valence-corrected chi connectivity index (χ4v) is 3.58. The zero-order chi connectivity index (χ0) is 14.2. The highest BCUT2D eigenvalue weighted by Gasteiger charge is 2.31. The molecular weight excluding hydrogens is 332 g/mol. The number of sulfonamides is 1. The summed E-state index contributed by atoms with van der Waals surface area (Å²) in [4.78, 5) is 0.110. The van der Waals surface area contributed by atoms with Crippen LogP contribution < -0.4 is 10.5 Å². The van der Waals surface area contributed by atoms with Crippen molar-refractivity contribution in [3.8, 4) is 5.75 Å². The van der Waals surface area contributed by atoms with Gasteiger partial charge in [-0.15, -0.1) is 0 Å². The van der Waals surface area contributed by atoms with Crippen LogP contribution in [0, 0.1) is 5.92 Å². The van der Waals surface area contributed by atoms with Crippen molar-refractivity contribution in [2.24, 2.45) is 5.92 Å². The van der Waals surface area contributed by atoms with Crippen molar-refractivity contribution in [2.45, 2.75) is 17.7 Å². The fourth-order valence-electron chi connectivity index (χ4n) is 1.84. The SMILES string of the molecule is COc1cc(Br)c(N)cc1S(=O)(=O)N(C)CC1CC1. The summed E-state index contributed by atoms with van der Waals surface area (Å²) >= 11 is 3.26. The highest BCUT2D eigenvalue weighted by molar-refractivity contribution is 9.10. The Bertz CT molecular complexity index is 585. The summed E-state index contributed by atoms with van der Waals surface area (Å²) < 4.78 is 32.2. The van der Waals surface area contributed by atoms with Crippen molar-refractivity contribution in [1.29, 1.82) is 0 Å². The number of ether oxygens (including phenoxy) is 1. The number of hydrogen-bond donors (Lipinski definition) is 1. The molecule has 0 unspecified atom stereocenters. The van der Waals surface area contributed by atoms with Gasteiger partial charge in [0.25, 0.3) is 0 Å². The minimum Gasteiger partial charge on any atom is -0.495 e. The van der Waals surface area contributed by atoms with E-state index in [0.29, 0.717) is 28.4 Å². The smallest absolute Gasteiger partial charge is 0.246 e. The van der Waals surface area contributed by atoms with E-state index in [1.54, 1.807) is 13.1 Å². The number of methoxy groups -OCH3 is 1. The average Bonchev–Trinajstić information content (AvgIpc) is 3.15. The van der Waals surface area contributed by atoms with Crippen LogP contribution in [0.25, 0.3) is 0 Å². The van der Waals surface area contributed by atoms with Gasteiger partial charge in [-0.25, -0.2) is 12.7 Å². The van der Waals surface area contributed by atoms with E-state index in [1.807, 2.05) is 0 Å². The molecule has 2 rings (SSSR count). The van der Waals surface area contributed by atoms with Gasteiger partial charge in [0.2, 0.25) is 10.0 Å². The van der Waals surface area contributed by atoms with Crippen LogP contribution in [0.15, 0.2) is 21.5 Å². The molecule has 0 heterocycles. The second kappa shape index (κ2) is 5.30. The van der Waals surface area contributed by atoms with Crippen LogP contribution in [0.3, 0.4) is 0 Å². The standard InChI is InChI=1S/C12H17BrN2O3S/c1-15(7-8-3-4-8)19(16,17)12-6-10(14)9(13)5-11(12)18-2/h5-6,8H,3-4,7,14H2,1-2H3. The monoisotopic (exact) mass is 348 g/mol. The molecule has 1 aliphatic rings. The molecule has 0 saturated heterocycles. The maximum atomic E-state index is 12.5. The predicted molar refractivity (Wildman–Crippen MR) is 77.6 cm³/mol. The predicted octanol–water partition coefficient (Wildman–Crippen LogP) is 2.07. The molecule has 5 nitrogen and oxygen atoms in total. The Balaban J connectivity index is 2.40. The molecule has 0 spiro atoms. The normalized spacial score (nSPS) is 15.8. The first kappa shape index (κ1) is 14.6. The zero-order valence-corrected chi connectivity index (χ0v) is 13.3. The van der Waals surface area contributed by atoms with Crippen LogP contribution >= 0.6 is 15.9 Å². The summed E-state index contributed by atoms with van der Waals surface area (Å²) in [6.07, 6.45) is 2.19. The lowest BCUT2D eigenvalue weighted by Crippen LogP contribution is -2.29. The van der Waals surface area contributed by atoms with Gasteiger partial charge in [0.1, 0.15) is 10.6 Å². The lowest BCUT2D eigenvalue weighted by molar-refractivity contribution is 0.396. The minimum atomic E-state index is -3.57. The lowest BCUT2D eigenvalue weighted by atomic mass is 10.3. The van der Waals surface area contributed by atoms with Crippen molar-refractivity contribution >= 4 is 31.6 Å². The van der Waals surface area contributed by atoms with Crippen molar-refractivity contribution in [3.05, 3.63) is 16.6 Å². The van der Waals surface area contributed by atoms with Crippen molar-refractivity contribution in [1.82, 2.24) is 4.31 Å². The van der Waals surface area contributed by atoms with Crippen LogP contribution in [0.2, 0.25) is 0 Å². The summed E-state index contributed by atoms with van der Waals surface area (Å²) in [6.45, 7) is 0.543. The van der Waals surface area contributed by atoms with Crippen LogP contribution in [0.1, 0.15) is 12.8 Å². The number of hydrogen-bond acceptors (Lipinski definition) is 4. The molecule has 0 atom stereocenters. The maximum Gasteiger partial charge on any atom is 0.246 e. The molecule has 7 heteroatoms. The fraction of sp³-hybridized carbons (Fsp3) is 0.500. The third kappa shape index (κ3) is 3.04. The Hall–Kier alpha value is -0.790. The van der Waals surface area contributed by atoms with E-state index >= 15 is 0 Å². The number of benzene rings is 1. The Morgan fingerprint density at radius 3 is 2.63 bits per heavy atom. The topological polar surface area (TPSA) is 72.6 Å². The van der Waals surface area contributed by atoms with Gasteiger partial charge in [-0.2, -0.15) is 0 Å². The van der Waals surface area contributed by atoms with E-state index < -0.39 is 10.0 Å². The summed E-state index contributed by atoms with van der Waals surface area (Å²) in [6, 6.07) is 3.01. The Labute approximate surface area is 121 Å². The number of nitrogens with zero attached hydrogens (tertiary/aromatic N) is 1. The largest absolute Gasteiger partial charge is 0.495 e. The van der Waals surface area contributed by atoms with Gasteiger partial charge >= 0.3 is 0 Å². The molecular formula is C12H17BrN2O3S. The number of anilines is 1. The Morgan fingerprint density at radius 1 is 1.47 bits per heavy atom. The molecule has 2 N–H and O–H groups in total. The van der Waals surface area contributed by atoms with E-state index in [1.165, 1.54) is 17.5 Å². The Kier molecular flexibility index (Phi) is 4.08. The molecule has 106 valence electrons. The molecule has 1 saturated carbocycles. The molecule has 1 aromatic rings. The third-order valence-corrected chi connectivity index (χ3v) is 5.71. The van der Waals surface area contributed by atoms with Crippen molar-refractivity contribution in [2.75, 3.05) is 26.4 Å². The molecule has 0 aromatic heterocycles. The van der Waals surface area contributed by atoms with Gasteiger partial charge in [-0.3, -0.25) is 0 Å². The van der Waals surface area contributed by atoms with E-state index in [-0.39, 0.29) is 4.90 Å². The first-order valence-electron chi connectivity index (χ1n) is 5.95. The number of nitrogens with two attached hydrogens (primary N) is 1. The van der Waals surface area contributed by atoms with Crippen LogP contribution in [0.5, 0.6) is 5.75 Å². The molecule has 19 heavy (non-hydrogen) atoms. The van der Waals surface area contributed by atoms with Crippen molar-refractivity contribution in [3.63, 3.8) is 0 Å². The van der Waals surface area contributed by atoms with Gasteiger partial charge in [0, 0.05) is 23.8 Å². The highest BCUT2D eigenvalue weighted by Crippen LogP contribution is 2.35. The van der Waals surface area contributed by atoms with E-state index in [0.717, 1.165) is 12.8 Å². The summed E-state index contributed by atoms with van der Waals surface area (Å²) in [7, 11) is -0.538. The first-order chi connectivity index (χ1) is 8.86. The van der Waals surface area contributed by atoms with Crippen LogP contribution in [-0.2, 0) is 10.0 Å². The lowest BCUT2D eigenvalue weighted by Gasteiger charge is -2.19. The van der Waals surface area contributed by atoms with E-state index in [4.69, 9.17) is 10.5 Å². The van der Waals surface area contributed by atoms with Gasteiger partial charge in [0.05, 0.1) is 7.11 Å². The van der Waals surface area contributed by atoms with E-state index in [9.17, 15) is 8.42 Å². The number of nitrogen functional groups attached to an aromatic ring is 1.